The SMILES string of the molecule is CC(=O)c1c(N=NC2=C(O)C(C)OC(C)C2=O)nsc1CS. The second-order valence-corrected chi connectivity index (χ2v) is 5.91. The molecule has 2 rings (SSSR count). The zero-order valence-electron chi connectivity index (χ0n) is 12.2. The Balaban J connectivity index is 2.40. The van der Waals surface area contributed by atoms with Gasteiger partial charge in [0, 0.05) is 10.6 Å². The summed E-state index contributed by atoms with van der Waals surface area (Å²) in [6, 6.07) is 0. The quantitative estimate of drug-likeness (QED) is 0.498. The van der Waals surface area contributed by atoms with Crippen LogP contribution in [0.15, 0.2) is 21.7 Å². The summed E-state index contributed by atoms with van der Waals surface area (Å²) in [7, 11) is 0. The maximum absolute atomic E-state index is 12.0. The number of aliphatic hydroxyl groups is 1. The number of aliphatic hydroxyl groups excluding tert-OH is 1. The van der Waals surface area contributed by atoms with Crippen LogP contribution in [-0.2, 0) is 15.3 Å². The number of thiol groups is 1. The first-order chi connectivity index (χ1) is 10.4. The van der Waals surface area contributed by atoms with Gasteiger partial charge in [0.1, 0.15) is 12.2 Å². The summed E-state index contributed by atoms with van der Waals surface area (Å²) in [5, 5.41) is 17.6. The Bertz CT molecular complexity index is 681. The highest BCUT2D eigenvalue weighted by Crippen LogP contribution is 2.29. The zero-order chi connectivity index (χ0) is 16.4. The highest BCUT2D eigenvalue weighted by molar-refractivity contribution is 7.79. The minimum atomic E-state index is -0.712. The summed E-state index contributed by atoms with van der Waals surface area (Å²) in [4.78, 5) is 24.3. The van der Waals surface area contributed by atoms with Crippen LogP contribution < -0.4 is 0 Å². The van der Waals surface area contributed by atoms with Gasteiger partial charge in [0.15, 0.2) is 23.1 Å². The largest absolute Gasteiger partial charge is 0.507 e. The van der Waals surface area contributed by atoms with Gasteiger partial charge in [-0.2, -0.15) is 17.0 Å². The smallest absolute Gasteiger partial charge is 0.215 e. The third-order valence-electron chi connectivity index (χ3n) is 3.12. The molecule has 118 valence electrons. The molecule has 0 spiro atoms. The minimum absolute atomic E-state index is 0.126. The Morgan fingerprint density at radius 1 is 1.41 bits per heavy atom. The van der Waals surface area contributed by atoms with E-state index in [1.807, 2.05) is 0 Å². The number of carbonyl (C=O) groups excluding carboxylic acids is 2. The number of aromatic nitrogens is 1. The van der Waals surface area contributed by atoms with Crippen molar-refractivity contribution in [2.45, 2.75) is 38.7 Å². The fourth-order valence-electron chi connectivity index (χ4n) is 1.99. The van der Waals surface area contributed by atoms with Crippen LogP contribution in [0, 0.1) is 0 Å². The average molecular weight is 341 g/mol. The Morgan fingerprint density at radius 2 is 2.09 bits per heavy atom. The second kappa shape index (κ2) is 6.67. The first kappa shape index (κ1) is 16.8. The van der Waals surface area contributed by atoms with E-state index >= 15 is 0 Å². The molecule has 1 aromatic heterocycles. The topological polar surface area (TPSA) is 101 Å². The molecule has 0 saturated carbocycles. The molecule has 1 N–H and O–H groups in total. The van der Waals surface area contributed by atoms with Crippen molar-refractivity contribution in [3.8, 4) is 0 Å². The molecule has 1 aliphatic heterocycles. The third kappa shape index (κ3) is 3.11. The molecule has 9 heteroatoms. The van der Waals surface area contributed by atoms with Gasteiger partial charge in [-0.15, -0.1) is 10.2 Å². The molecule has 0 aliphatic carbocycles. The summed E-state index contributed by atoms with van der Waals surface area (Å²) in [6.45, 7) is 4.58. The molecule has 2 unspecified atom stereocenters. The van der Waals surface area contributed by atoms with Crippen LogP contribution in [0.1, 0.15) is 36.0 Å². The number of carbonyl (C=O) groups is 2. The molecule has 1 aliphatic rings. The van der Waals surface area contributed by atoms with E-state index in [1.54, 1.807) is 13.8 Å². The summed E-state index contributed by atoms with van der Waals surface area (Å²) in [5.74, 6) is -0.461. The van der Waals surface area contributed by atoms with Crippen molar-refractivity contribution in [1.29, 1.82) is 0 Å². The maximum Gasteiger partial charge on any atom is 0.215 e. The van der Waals surface area contributed by atoms with E-state index in [-0.39, 0.29) is 23.1 Å². The van der Waals surface area contributed by atoms with Gasteiger partial charge < -0.3 is 9.84 Å². The lowest BCUT2D eigenvalue weighted by Crippen LogP contribution is -2.34. The van der Waals surface area contributed by atoms with Gasteiger partial charge in [-0.25, -0.2) is 0 Å². The van der Waals surface area contributed by atoms with Crippen molar-refractivity contribution in [3.63, 3.8) is 0 Å². The van der Waals surface area contributed by atoms with Crippen LogP contribution in [0.3, 0.4) is 0 Å². The van der Waals surface area contributed by atoms with E-state index in [0.717, 1.165) is 11.5 Å². The summed E-state index contributed by atoms with van der Waals surface area (Å²) in [6.07, 6.45) is -1.35. The van der Waals surface area contributed by atoms with Crippen molar-refractivity contribution < 1.29 is 19.4 Å². The summed E-state index contributed by atoms with van der Waals surface area (Å²) in [5.41, 5.74) is 0.172. The zero-order valence-corrected chi connectivity index (χ0v) is 13.9. The average Bonchev–Trinajstić information content (AvgIpc) is 2.88. The van der Waals surface area contributed by atoms with Gasteiger partial charge >= 0.3 is 0 Å². The van der Waals surface area contributed by atoms with Crippen LogP contribution in [0.2, 0.25) is 0 Å². The molecule has 2 heterocycles. The Morgan fingerprint density at radius 3 is 2.68 bits per heavy atom. The highest BCUT2D eigenvalue weighted by atomic mass is 32.1. The second-order valence-electron chi connectivity index (χ2n) is 4.74. The number of azo groups is 1. The number of hydrogen-bond donors (Lipinski definition) is 2. The fraction of sp³-hybridized carbons (Fsp3) is 0.462. The molecule has 1 aromatic rings. The molecular formula is C13H15N3O4S2. The number of ether oxygens (including phenoxy) is 1. The molecular weight excluding hydrogens is 326 g/mol. The monoisotopic (exact) mass is 341 g/mol. The first-order valence-electron chi connectivity index (χ1n) is 6.51. The van der Waals surface area contributed by atoms with Crippen molar-refractivity contribution in [2.75, 3.05) is 0 Å². The van der Waals surface area contributed by atoms with Gasteiger partial charge in [-0.3, -0.25) is 9.59 Å². The third-order valence-corrected chi connectivity index (χ3v) is 4.49. The van der Waals surface area contributed by atoms with E-state index in [4.69, 9.17) is 4.74 Å². The lowest BCUT2D eigenvalue weighted by Gasteiger charge is -2.23. The maximum atomic E-state index is 12.0. The van der Waals surface area contributed by atoms with E-state index in [9.17, 15) is 14.7 Å². The Hall–Kier alpha value is -1.58. The molecule has 0 fully saturated rings. The normalized spacial score (nSPS) is 22.6. The molecule has 0 bridgehead atoms. The van der Waals surface area contributed by atoms with Crippen molar-refractivity contribution >= 4 is 41.5 Å². The molecule has 0 saturated heterocycles. The van der Waals surface area contributed by atoms with Gasteiger partial charge in [-0.05, 0) is 32.3 Å². The van der Waals surface area contributed by atoms with Crippen LogP contribution in [0.4, 0.5) is 5.82 Å². The lowest BCUT2D eigenvalue weighted by atomic mass is 10.1. The lowest BCUT2D eigenvalue weighted by molar-refractivity contribution is -0.131. The molecule has 0 amide bonds. The van der Waals surface area contributed by atoms with Crippen molar-refractivity contribution in [1.82, 2.24) is 4.37 Å². The van der Waals surface area contributed by atoms with E-state index in [2.05, 4.69) is 27.2 Å². The Labute approximate surface area is 136 Å². The number of ketones is 2. The van der Waals surface area contributed by atoms with Gasteiger partial charge in [-0.1, -0.05) is 0 Å². The van der Waals surface area contributed by atoms with Crippen molar-refractivity contribution in [2.24, 2.45) is 10.2 Å². The number of nitrogens with zero attached hydrogens (tertiary/aromatic N) is 3. The molecule has 22 heavy (non-hydrogen) atoms. The molecule has 7 nitrogen and oxygen atoms in total. The summed E-state index contributed by atoms with van der Waals surface area (Å²) < 4.78 is 9.29. The fourth-order valence-corrected chi connectivity index (χ4v) is 3.03. The predicted molar refractivity (Wildman–Crippen MR) is 84.0 cm³/mol. The summed E-state index contributed by atoms with van der Waals surface area (Å²) >= 11 is 5.24. The van der Waals surface area contributed by atoms with Crippen LogP contribution in [0.5, 0.6) is 0 Å². The van der Waals surface area contributed by atoms with Crippen LogP contribution in [0.25, 0.3) is 0 Å². The van der Waals surface area contributed by atoms with E-state index < -0.39 is 18.0 Å². The highest BCUT2D eigenvalue weighted by Gasteiger charge is 2.32. The molecule has 0 radical (unpaired) electrons. The van der Waals surface area contributed by atoms with Gasteiger partial charge in [0.05, 0.1) is 5.56 Å². The van der Waals surface area contributed by atoms with E-state index in [1.165, 1.54) is 6.92 Å². The first-order valence-corrected chi connectivity index (χ1v) is 7.92. The van der Waals surface area contributed by atoms with Gasteiger partial charge in [0.2, 0.25) is 5.78 Å². The minimum Gasteiger partial charge on any atom is -0.507 e. The Kier molecular flexibility index (Phi) is 5.09. The van der Waals surface area contributed by atoms with Crippen LogP contribution >= 0.6 is 24.2 Å². The van der Waals surface area contributed by atoms with Crippen molar-refractivity contribution in [3.05, 3.63) is 21.9 Å². The van der Waals surface area contributed by atoms with E-state index in [0.29, 0.717) is 16.2 Å². The molecule has 0 aromatic carbocycles. The number of Topliss-reactive ketones (excluding diaryl/α,β-unsaturated/α-hetero) is 2. The predicted octanol–water partition coefficient (Wildman–Crippen LogP) is 3.01. The van der Waals surface area contributed by atoms with Gasteiger partial charge in [0.25, 0.3) is 0 Å². The number of rotatable bonds is 4. The molecule has 2 atom stereocenters. The number of hydrogen-bond acceptors (Lipinski definition) is 9. The standard InChI is InChI=1S/C13H15N3O4S2/c1-5(17)9-8(4-21)22-16-13(9)15-14-10-11(18)6(2)20-7(3)12(10)19/h6-7,18,21H,4H2,1-3H3. The van der Waals surface area contributed by atoms with Crippen LogP contribution in [-0.4, -0.2) is 33.3 Å².